The van der Waals surface area contributed by atoms with Crippen LogP contribution in [0.1, 0.15) is 47.3 Å². The normalized spacial score (nSPS) is 16.2. The Labute approximate surface area is 133 Å². The number of aromatic nitrogens is 1. The highest BCUT2D eigenvalue weighted by Gasteiger charge is 2.23. The number of carbonyl (C=O) groups excluding carboxylic acids is 1. The number of nitrogens with zero attached hydrogens (tertiary/aromatic N) is 1. The van der Waals surface area contributed by atoms with Crippen LogP contribution in [0.2, 0.25) is 5.02 Å². The summed E-state index contributed by atoms with van der Waals surface area (Å²) in [6.07, 6.45) is 1.76. The second kappa shape index (κ2) is 5.94. The van der Waals surface area contributed by atoms with Gasteiger partial charge in [0.25, 0.3) is 0 Å². The second-order valence-electron chi connectivity index (χ2n) is 5.73. The SMILES string of the molecule is CC(=O)c1cc(F)cc2c(Cl)c(C)c(C3CCOCC3)nc12. The summed E-state index contributed by atoms with van der Waals surface area (Å²) < 4.78 is 19.2. The van der Waals surface area contributed by atoms with E-state index in [-0.39, 0.29) is 17.3 Å². The van der Waals surface area contributed by atoms with E-state index in [0.29, 0.717) is 29.1 Å². The standard InChI is InChI=1S/C17H17ClFNO2/c1-9-15(18)14-8-12(19)7-13(10(2)21)17(14)20-16(9)11-3-5-22-6-4-11/h7-8,11H,3-6H2,1-2H3. The molecule has 0 radical (unpaired) electrons. The van der Waals surface area contributed by atoms with Crippen molar-refractivity contribution in [3.8, 4) is 0 Å². The number of hydrogen-bond acceptors (Lipinski definition) is 3. The number of hydrogen-bond donors (Lipinski definition) is 0. The lowest BCUT2D eigenvalue weighted by Crippen LogP contribution is -2.16. The molecule has 0 spiro atoms. The topological polar surface area (TPSA) is 39.2 Å². The lowest BCUT2D eigenvalue weighted by Gasteiger charge is -2.24. The Kier molecular flexibility index (Phi) is 4.15. The fraction of sp³-hybridized carbons (Fsp3) is 0.412. The summed E-state index contributed by atoms with van der Waals surface area (Å²) in [5.41, 5.74) is 2.53. The molecule has 1 aromatic heterocycles. The zero-order valence-electron chi connectivity index (χ0n) is 12.6. The molecular weight excluding hydrogens is 305 g/mol. The molecule has 1 aliphatic heterocycles. The summed E-state index contributed by atoms with van der Waals surface area (Å²) in [4.78, 5) is 16.5. The van der Waals surface area contributed by atoms with Crippen LogP contribution in [-0.4, -0.2) is 24.0 Å². The maximum absolute atomic E-state index is 13.8. The van der Waals surface area contributed by atoms with E-state index >= 15 is 0 Å². The van der Waals surface area contributed by atoms with Gasteiger partial charge in [-0.2, -0.15) is 0 Å². The van der Waals surface area contributed by atoms with E-state index in [1.54, 1.807) is 0 Å². The molecule has 3 rings (SSSR count). The number of ketones is 1. The van der Waals surface area contributed by atoms with Crippen molar-refractivity contribution in [2.75, 3.05) is 13.2 Å². The third-order valence-electron chi connectivity index (χ3n) is 4.24. The highest BCUT2D eigenvalue weighted by Crippen LogP contribution is 2.36. The third-order valence-corrected chi connectivity index (χ3v) is 4.73. The minimum absolute atomic E-state index is 0.213. The first-order valence-corrected chi connectivity index (χ1v) is 7.74. The fourth-order valence-electron chi connectivity index (χ4n) is 3.04. The number of halogens is 2. The summed E-state index contributed by atoms with van der Waals surface area (Å²) in [5.74, 6) is -0.421. The van der Waals surface area contributed by atoms with Gasteiger partial charge in [-0.25, -0.2) is 4.39 Å². The predicted octanol–water partition coefficient (Wildman–Crippen LogP) is 4.43. The molecule has 0 unspecified atom stereocenters. The van der Waals surface area contributed by atoms with Gasteiger partial charge in [-0.3, -0.25) is 9.78 Å². The van der Waals surface area contributed by atoms with Gasteiger partial charge < -0.3 is 4.74 Å². The van der Waals surface area contributed by atoms with E-state index in [9.17, 15) is 9.18 Å². The van der Waals surface area contributed by atoms with Crippen LogP contribution < -0.4 is 0 Å². The van der Waals surface area contributed by atoms with Crippen molar-refractivity contribution in [1.29, 1.82) is 0 Å². The van der Waals surface area contributed by atoms with Crippen molar-refractivity contribution in [3.05, 3.63) is 39.8 Å². The fourth-order valence-corrected chi connectivity index (χ4v) is 3.28. The Morgan fingerprint density at radius 3 is 2.68 bits per heavy atom. The molecule has 22 heavy (non-hydrogen) atoms. The van der Waals surface area contributed by atoms with Crippen molar-refractivity contribution in [2.45, 2.75) is 32.6 Å². The summed E-state index contributed by atoms with van der Waals surface area (Å²) in [6, 6.07) is 2.58. The van der Waals surface area contributed by atoms with Gasteiger partial charge in [0.1, 0.15) is 5.82 Å². The van der Waals surface area contributed by atoms with E-state index in [4.69, 9.17) is 21.3 Å². The quantitative estimate of drug-likeness (QED) is 0.768. The van der Waals surface area contributed by atoms with Gasteiger partial charge >= 0.3 is 0 Å². The minimum atomic E-state index is -0.473. The number of rotatable bonds is 2. The number of benzene rings is 1. The number of carbonyl (C=O) groups is 1. The van der Waals surface area contributed by atoms with E-state index in [0.717, 1.165) is 24.1 Å². The minimum Gasteiger partial charge on any atom is -0.381 e. The van der Waals surface area contributed by atoms with Crippen molar-refractivity contribution >= 4 is 28.3 Å². The molecular formula is C17H17ClFNO2. The first kappa shape index (κ1) is 15.4. The Balaban J connectivity index is 2.27. The molecule has 0 atom stereocenters. The molecule has 0 saturated carbocycles. The van der Waals surface area contributed by atoms with Crippen molar-refractivity contribution in [1.82, 2.24) is 4.98 Å². The maximum Gasteiger partial charge on any atom is 0.162 e. The Morgan fingerprint density at radius 2 is 2.05 bits per heavy atom. The number of ether oxygens (including phenoxy) is 1. The lowest BCUT2D eigenvalue weighted by atomic mass is 9.91. The molecule has 0 amide bonds. The van der Waals surface area contributed by atoms with Crippen molar-refractivity contribution in [3.63, 3.8) is 0 Å². The Morgan fingerprint density at radius 1 is 1.36 bits per heavy atom. The number of Topliss-reactive ketones (excluding diaryl/α,β-unsaturated/α-hetero) is 1. The summed E-state index contributed by atoms with van der Waals surface area (Å²) in [7, 11) is 0. The van der Waals surface area contributed by atoms with E-state index < -0.39 is 5.82 Å². The zero-order valence-corrected chi connectivity index (χ0v) is 13.3. The van der Waals surface area contributed by atoms with Crippen LogP contribution >= 0.6 is 11.6 Å². The highest BCUT2D eigenvalue weighted by molar-refractivity contribution is 6.36. The van der Waals surface area contributed by atoms with E-state index in [1.807, 2.05) is 6.92 Å². The van der Waals surface area contributed by atoms with Gasteiger partial charge in [0.15, 0.2) is 5.78 Å². The van der Waals surface area contributed by atoms with Gasteiger partial charge in [0.05, 0.1) is 10.5 Å². The smallest absolute Gasteiger partial charge is 0.162 e. The average molecular weight is 322 g/mol. The van der Waals surface area contributed by atoms with Gasteiger partial charge in [0, 0.05) is 35.8 Å². The van der Waals surface area contributed by atoms with Gasteiger partial charge in [0.2, 0.25) is 0 Å². The molecule has 2 aromatic rings. The predicted molar refractivity (Wildman–Crippen MR) is 84.2 cm³/mol. The van der Waals surface area contributed by atoms with Crippen LogP contribution in [0, 0.1) is 12.7 Å². The second-order valence-corrected chi connectivity index (χ2v) is 6.11. The molecule has 0 bridgehead atoms. The molecule has 1 fully saturated rings. The molecule has 1 saturated heterocycles. The Bertz CT molecular complexity index is 754. The first-order chi connectivity index (χ1) is 10.5. The summed E-state index contributed by atoms with van der Waals surface area (Å²) in [5, 5.41) is 0.980. The summed E-state index contributed by atoms with van der Waals surface area (Å²) in [6.45, 7) is 4.71. The molecule has 0 N–H and O–H groups in total. The number of fused-ring (bicyclic) bond motifs is 1. The van der Waals surface area contributed by atoms with Crippen LogP contribution in [-0.2, 0) is 4.74 Å². The van der Waals surface area contributed by atoms with Crippen LogP contribution in [0.4, 0.5) is 4.39 Å². The van der Waals surface area contributed by atoms with Crippen molar-refractivity contribution < 1.29 is 13.9 Å². The first-order valence-electron chi connectivity index (χ1n) is 7.37. The number of pyridine rings is 1. The molecule has 1 aromatic carbocycles. The van der Waals surface area contributed by atoms with Gasteiger partial charge in [-0.15, -0.1) is 0 Å². The van der Waals surface area contributed by atoms with Gasteiger partial charge in [-0.1, -0.05) is 11.6 Å². The van der Waals surface area contributed by atoms with Crippen LogP contribution in [0.3, 0.4) is 0 Å². The highest BCUT2D eigenvalue weighted by atomic mass is 35.5. The molecule has 5 heteroatoms. The van der Waals surface area contributed by atoms with E-state index in [2.05, 4.69) is 0 Å². The molecule has 2 heterocycles. The largest absolute Gasteiger partial charge is 0.381 e. The molecule has 3 nitrogen and oxygen atoms in total. The average Bonchev–Trinajstić information content (AvgIpc) is 2.51. The van der Waals surface area contributed by atoms with Crippen molar-refractivity contribution in [2.24, 2.45) is 0 Å². The molecule has 1 aliphatic rings. The van der Waals surface area contributed by atoms with Crippen LogP contribution in [0.5, 0.6) is 0 Å². The molecule has 0 aliphatic carbocycles. The van der Waals surface area contributed by atoms with Gasteiger partial charge in [-0.05, 0) is 44.4 Å². The molecule has 116 valence electrons. The summed E-state index contributed by atoms with van der Waals surface area (Å²) >= 11 is 6.45. The maximum atomic E-state index is 13.8. The monoisotopic (exact) mass is 321 g/mol. The lowest BCUT2D eigenvalue weighted by molar-refractivity contribution is 0.0844. The van der Waals surface area contributed by atoms with Crippen LogP contribution in [0.25, 0.3) is 10.9 Å². The third kappa shape index (κ3) is 2.61. The zero-order chi connectivity index (χ0) is 15.9. The van der Waals surface area contributed by atoms with Crippen LogP contribution in [0.15, 0.2) is 12.1 Å². The Hall–Kier alpha value is -1.52. The van der Waals surface area contributed by atoms with E-state index in [1.165, 1.54) is 19.1 Å².